The molecule has 0 aromatic heterocycles. The zero-order valence-electron chi connectivity index (χ0n) is 8.19. The zero-order valence-corrected chi connectivity index (χ0v) is 8.19. The molecule has 0 aromatic carbocycles. The maximum absolute atomic E-state index is 11.2. The van der Waals surface area contributed by atoms with Gasteiger partial charge in [0, 0.05) is 6.04 Å². The van der Waals surface area contributed by atoms with Crippen molar-refractivity contribution in [1.29, 1.82) is 0 Å². The van der Waals surface area contributed by atoms with Gasteiger partial charge in [0.25, 0.3) is 0 Å². The Morgan fingerprint density at radius 3 is 2.92 bits per heavy atom. The number of carbonyl (C=O) groups is 1. The Morgan fingerprint density at radius 1 is 1.77 bits per heavy atom. The molecule has 1 heterocycles. The van der Waals surface area contributed by atoms with Crippen molar-refractivity contribution in [3.05, 3.63) is 0 Å². The molecule has 4 heteroatoms. The highest BCUT2D eigenvalue weighted by atomic mass is 16.5. The SMILES string of the molecule is CCOC(=O)C(O)[C@@H]1CCCN1C. The molecular formula is C9H17NO3. The molecular weight excluding hydrogens is 170 g/mol. The van der Waals surface area contributed by atoms with Crippen LogP contribution in [0, 0.1) is 0 Å². The van der Waals surface area contributed by atoms with E-state index in [0.717, 1.165) is 19.4 Å². The lowest BCUT2D eigenvalue weighted by molar-refractivity contribution is -0.156. The van der Waals surface area contributed by atoms with Gasteiger partial charge in [-0.2, -0.15) is 0 Å². The van der Waals surface area contributed by atoms with Crippen LogP contribution in [0.15, 0.2) is 0 Å². The topological polar surface area (TPSA) is 49.8 Å². The van der Waals surface area contributed by atoms with Gasteiger partial charge in [0.1, 0.15) is 0 Å². The van der Waals surface area contributed by atoms with Gasteiger partial charge in [0.15, 0.2) is 6.10 Å². The molecule has 1 rings (SSSR count). The summed E-state index contributed by atoms with van der Waals surface area (Å²) in [5.41, 5.74) is 0. The second-order valence-electron chi connectivity index (χ2n) is 3.39. The lowest BCUT2D eigenvalue weighted by Crippen LogP contribution is -2.42. The summed E-state index contributed by atoms with van der Waals surface area (Å²) < 4.78 is 4.75. The first-order chi connectivity index (χ1) is 6.16. The third kappa shape index (κ3) is 2.42. The van der Waals surface area contributed by atoms with Crippen LogP contribution >= 0.6 is 0 Å². The van der Waals surface area contributed by atoms with Gasteiger partial charge in [-0.15, -0.1) is 0 Å². The smallest absolute Gasteiger partial charge is 0.336 e. The van der Waals surface area contributed by atoms with E-state index in [1.807, 2.05) is 11.9 Å². The second-order valence-corrected chi connectivity index (χ2v) is 3.39. The standard InChI is InChI=1S/C9H17NO3/c1-3-13-9(12)8(11)7-5-4-6-10(7)2/h7-8,11H,3-6H2,1-2H3/t7-,8?/m0/s1. The summed E-state index contributed by atoms with van der Waals surface area (Å²) in [5.74, 6) is -0.499. The number of nitrogens with zero attached hydrogens (tertiary/aromatic N) is 1. The number of hydrogen-bond acceptors (Lipinski definition) is 4. The Labute approximate surface area is 78.5 Å². The van der Waals surface area contributed by atoms with Crippen LogP contribution in [0.1, 0.15) is 19.8 Å². The van der Waals surface area contributed by atoms with Gasteiger partial charge in [-0.1, -0.05) is 0 Å². The molecule has 0 aromatic rings. The highest BCUT2D eigenvalue weighted by Crippen LogP contribution is 2.18. The van der Waals surface area contributed by atoms with Crippen molar-refractivity contribution in [2.75, 3.05) is 20.2 Å². The number of carbonyl (C=O) groups excluding carboxylic acids is 1. The van der Waals surface area contributed by atoms with E-state index in [9.17, 15) is 9.90 Å². The predicted molar refractivity (Wildman–Crippen MR) is 48.3 cm³/mol. The molecule has 1 fully saturated rings. The fourth-order valence-electron chi connectivity index (χ4n) is 1.72. The zero-order chi connectivity index (χ0) is 9.84. The van der Waals surface area contributed by atoms with Crippen molar-refractivity contribution in [2.24, 2.45) is 0 Å². The van der Waals surface area contributed by atoms with Gasteiger partial charge in [-0.3, -0.25) is 0 Å². The summed E-state index contributed by atoms with van der Waals surface area (Å²) in [6.45, 7) is 3.01. The van der Waals surface area contributed by atoms with Gasteiger partial charge < -0.3 is 14.7 Å². The van der Waals surface area contributed by atoms with Gasteiger partial charge in [0.2, 0.25) is 0 Å². The molecule has 0 saturated carbocycles. The van der Waals surface area contributed by atoms with E-state index < -0.39 is 12.1 Å². The summed E-state index contributed by atoms with van der Waals surface area (Å²) in [6, 6.07) is -0.0564. The van der Waals surface area contributed by atoms with E-state index in [0.29, 0.717) is 6.61 Å². The molecule has 2 atom stereocenters. The van der Waals surface area contributed by atoms with Gasteiger partial charge >= 0.3 is 5.97 Å². The Hall–Kier alpha value is -0.610. The molecule has 1 aliphatic heterocycles. The van der Waals surface area contributed by atoms with Crippen LogP contribution in [-0.2, 0) is 9.53 Å². The van der Waals surface area contributed by atoms with Crippen LogP contribution < -0.4 is 0 Å². The minimum Gasteiger partial charge on any atom is -0.464 e. The normalized spacial score (nSPS) is 25.9. The number of aliphatic hydroxyl groups excluding tert-OH is 1. The summed E-state index contributed by atoms with van der Waals surface area (Å²) >= 11 is 0. The minimum atomic E-state index is -0.979. The first-order valence-electron chi connectivity index (χ1n) is 4.71. The van der Waals surface area contributed by atoms with Crippen molar-refractivity contribution in [3.8, 4) is 0 Å². The second kappa shape index (κ2) is 4.58. The molecule has 1 N–H and O–H groups in total. The van der Waals surface area contributed by atoms with Crippen LogP contribution in [0.2, 0.25) is 0 Å². The number of aliphatic hydroxyl groups is 1. The average Bonchev–Trinajstić information content (AvgIpc) is 2.50. The third-order valence-electron chi connectivity index (χ3n) is 2.47. The fourth-order valence-corrected chi connectivity index (χ4v) is 1.72. The quantitative estimate of drug-likeness (QED) is 0.632. The average molecular weight is 187 g/mol. The fraction of sp³-hybridized carbons (Fsp3) is 0.889. The lowest BCUT2D eigenvalue weighted by Gasteiger charge is -2.23. The van der Waals surface area contributed by atoms with Crippen molar-refractivity contribution in [3.63, 3.8) is 0 Å². The monoisotopic (exact) mass is 187 g/mol. The van der Waals surface area contributed by atoms with Crippen LogP contribution in [0.3, 0.4) is 0 Å². The lowest BCUT2D eigenvalue weighted by atomic mass is 10.1. The number of likely N-dealkylation sites (N-methyl/N-ethyl adjacent to an activating group) is 1. The first kappa shape index (κ1) is 10.5. The van der Waals surface area contributed by atoms with Crippen LogP contribution in [0.4, 0.5) is 0 Å². The third-order valence-corrected chi connectivity index (χ3v) is 2.47. The Bertz CT molecular complexity index is 184. The molecule has 0 amide bonds. The van der Waals surface area contributed by atoms with E-state index in [2.05, 4.69) is 0 Å². The predicted octanol–water partition coefficient (Wildman–Crippen LogP) is 0.00460. The van der Waals surface area contributed by atoms with Crippen molar-refractivity contribution >= 4 is 5.97 Å². The Balaban J connectivity index is 2.45. The molecule has 76 valence electrons. The minimum absolute atomic E-state index is 0.0564. The maximum atomic E-state index is 11.2. The molecule has 0 aliphatic carbocycles. The summed E-state index contributed by atoms with van der Waals surface area (Å²) in [5, 5.41) is 9.60. The first-order valence-corrected chi connectivity index (χ1v) is 4.71. The Morgan fingerprint density at radius 2 is 2.46 bits per heavy atom. The van der Waals surface area contributed by atoms with Gasteiger partial charge in [-0.25, -0.2) is 4.79 Å². The number of esters is 1. The van der Waals surface area contributed by atoms with E-state index >= 15 is 0 Å². The number of ether oxygens (including phenoxy) is 1. The molecule has 1 saturated heterocycles. The largest absolute Gasteiger partial charge is 0.464 e. The van der Waals surface area contributed by atoms with E-state index in [4.69, 9.17) is 4.74 Å². The van der Waals surface area contributed by atoms with Crippen LogP contribution in [0.25, 0.3) is 0 Å². The molecule has 13 heavy (non-hydrogen) atoms. The highest BCUT2D eigenvalue weighted by Gasteiger charge is 2.33. The maximum Gasteiger partial charge on any atom is 0.336 e. The highest BCUT2D eigenvalue weighted by molar-refractivity contribution is 5.75. The number of hydrogen-bond donors (Lipinski definition) is 1. The van der Waals surface area contributed by atoms with E-state index in [1.54, 1.807) is 6.92 Å². The van der Waals surface area contributed by atoms with Crippen molar-refractivity contribution in [2.45, 2.75) is 31.9 Å². The summed E-state index contributed by atoms with van der Waals surface area (Å²) in [4.78, 5) is 13.2. The summed E-state index contributed by atoms with van der Waals surface area (Å²) in [6.07, 6.45) is 0.932. The molecule has 1 unspecified atom stereocenters. The van der Waals surface area contributed by atoms with Crippen molar-refractivity contribution < 1.29 is 14.6 Å². The number of rotatable bonds is 3. The van der Waals surface area contributed by atoms with Crippen LogP contribution in [-0.4, -0.2) is 48.3 Å². The van der Waals surface area contributed by atoms with Crippen LogP contribution in [0.5, 0.6) is 0 Å². The molecule has 0 bridgehead atoms. The van der Waals surface area contributed by atoms with E-state index in [1.165, 1.54) is 0 Å². The van der Waals surface area contributed by atoms with Gasteiger partial charge in [0.05, 0.1) is 6.61 Å². The molecule has 0 radical (unpaired) electrons. The van der Waals surface area contributed by atoms with Gasteiger partial charge in [-0.05, 0) is 33.4 Å². The Kier molecular flexibility index (Phi) is 3.69. The number of likely N-dealkylation sites (tertiary alicyclic amines) is 1. The van der Waals surface area contributed by atoms with E-state index in [-0.39, 0.29) is 6.04 Å². The molecule has 1 aliphatic rings. The summed E-state index contributed by atoms with van der Waals surface area (Å²) in [7, 11) is 1.92. The molecule has 4 nitrogen and oxygen atoms in total. The molecule has 0 spiro atoms. The van der Waals surface area contributed by atoms with Crippen molar-refractivity contribution in [1.82, 2.24) is 4.90 Å².